The summed E-state index contributed by atoms with van der Waals surface area (Å²) >= 11 is 1.93. The van der Waals surface area contributed by atoms with E-state index in [2.05, 4.69) is 59.9 Å². The number of Topliss-reactive ketones (excluding diaryl/α,β-unsaturated/α-hetero) is 1. The largest absolute Gasteiger partial charge is 0.346 e. The summed E-state index contributed by atoms with van der Waals surface area (Å²) in [4.78, 5) is 24.9. The molecule has 0 bridgehead atoms. The van der Waals surface area contributed by atoms with E-state index in [-0.39, 0.29) is 5.78 Å². The maximum absolute atomic E-state index is 11.5. The van der Waals surface area contributed by atoms with Crippen LogP contribution in [0.4, 0.5) is 0 Å². The van der Waals surface area contributed by atoms with Gasteiger partial charge < -0.3 is 4.98 Å². The minimum Gasteiger partial charge on any atom is -0.346 e. The first kappa shape index (κ1) is 22.3. The Labute approximate surface area is 199 Å². The highest BCUT2D eigenvalue weighted by Crippen LogP contribution is 2.45. The number of pyridine rings is 1. The first-order valence-electron chi connectivity index (χ1n) is 11.9. The number of carbonyl (C=O) groups excluding carboxylic acids is 1. The van der Waals surface area contributed by atoms with Crippen LogP contribution >= 0.6 is 11.3 Å². The van der Waals surface area contributed by atoms with Crippen LogP contribution in [0.5, 0.6) is 0 Å². The molecule has 0 aliphatic carbocycles. The molecule has 0 radical (unpaired) electrons. The van der Waals surface area contributed by atoms with Gasteiger partial charge in [0.2, 0.25) is 0 Å². The number of nitrogens with zero attached hydrogens (tertiary/aromatic N) is 4. The standard InChI is InChI=1S/C26H33N5OS/c1-14(2)21-22-17(5)24(19-7-9-30(10-8-19)12-16(4)32)33-26(22)28-23(21)20-11-15(3)25-27-18(6)29-31(25)13-20/h11,13-14,19,28H,7-10,12H2,1-6H3. The molecule has 4 aromatic heterocycles. The molecule has 174 valence electrons. The monoisotopic (exact) mass is 463 g/mol. The first-order chi connectivity index (χ1) is 15.7. The van der Waals surface area contributed by atoms with Crippen LogP contribution in [0.2, 0.25) is 0 Å². The van der Waals surface area contributed by atoms with E-state index in [1.165, 1.54) is 31.9 Å². The van der Waals surface area contributed by atoms with E-state index in [1.54, 1.807) is 6.92 Å². The normalized spacial score (nSPS) is 16.0. The highest BCUT2D eigenvalue weighted by atomic mass is 32.1. The topological polar surface area (TPSA) is 66.3 Å². The molecule has 0 amide bonds. The molecule has 33 heavy (non-hydrogen) atoms. The number of piperidine rings is 1. The molecule has 7 heteroatoms. The van der Waals surface area contributed by atoms with Crippen LogP contribution in [0.25, 0.3) is 27.1 Å². The van der Waals surface area contributed by atoms with Crippen LogP contribution in [0.1, 0.15) is 72.8 Å². The number of hydrogen-bond acceptors (Lipinski definition) is 5. The number of nitrogens with one attached hydrogen (secondary N) is 1. The lowest BCUT2D eigenvalue weighted by Gasteiger charge is -2.31. The molecule has 0 saturated carbocycles. The van der Waals surface area contributed by atoms with Gasteiger partial charge in [0, 0.05) is 22.0 Å². The third-order valence-electron chi connectivity index (χ3n) is 6.95. The molecule has 4 aromatic rings. The fourth-order valence-corrected chi connectivity index (χ4v) is 6.90. The molecule has 6 nitrogen and oxygen atoms in total. The highest BCUT2D eigenvalue weighted by molar-refractivity contribution is 7.19. The highest BCUT2D eigenvalue weighted by Gasteiger charge is 2.28. The maximum atomic E-state index is 11.5. The maximum Gasteiger partial charge on any atom is 0.158 e. The fraction of sp³-hybridized carbons (Fsp3) is 0.500. The second-order valence-electron chi connectivity index (χ2n) is 9.96. The lowest BCUT2D eigenvalue weighted by molar-refractivity contribution is -0.118. The van der Waals surface area contributed by atoms with Gasteiger partial charge in [0.05, 0.1) is 12.2 Å². The van der Waals surface area contributed by atoms with Crippen molar-refractivity contribution in [2.24, 2.45) is 0 Å². The number of aromatic amines is 1. The summed E-state index contributed by atoms with van der Waals surface area (Å²) < 4.78 is 1.91. The zero-order chi connectivity index (χ0) is 23.4. The predicted molar refractivity (Wildman–Crippen MR) is 136 cm³/mol. The minimum absolute atomic E-state index is 0.262. The molecule has 5 heterocycles. The van der Waals surface area contributed by atoms with E-state index >= 15 is 0 Å². The van der Waals surface area contributed by atoms with Crippen LogP contribution in [-0.2, 0) is 4.79 Å². The predicted octanol–water partition coefficient (Wildman–Crippen LogP) is 5.76. The number of aromatic nitrogens is 4. The Kier molecular flexibility index (Phi) is 5.65. The van der Waals surface area contributed by atoms with Crippen molar-refractivity contribution in [3.63, 3.8) is 0 Å². The summed E-state index contributed by atoms with van der Waals surface area (Å²) in [5, 5.41) is 5.96. The van der Waals surface area contributed by atoms with E-state index in [0.717, 1.165) is 48.5 Å². The molecular formula is C26H33N5OS. The van der Waals surface area contributed by atoms with E-state index in [1.807, 2.05) is 22.8 Å². The number of likely N-dealkylation sites (tertiary alicyclic amines) is 1. The van der Waals surface area contributed by atoms with Gasteiger partial charge in [0.1, 0.15) is 16.4 Å². The Balaban J connectivity index is 1.54. The number of carbonyl (C=O) groups is 1. The Morgan fingerprint density at radius 3 is 2.64 bits per heavy atom. The third-order valence-corrected chi connectivity index (χ3v) is 8.32. The fourth-order valence-electron chi connectivity index (χ4n) is 5.50. The summed E-state index contributed by atoms with van der Waals surface area (Å²) in [5.74, 6) is 2.04. The molecule has 5 rings (SSSR count). The van der Waals surface area contributed by atoms with Gasteiger partial charge >= 0.3 is 0 Å². The van der Waals surface area contributed by atoms with Crippen LogP contribution in [0.3, 0.4) is 0 Å². The van der Waals surface area contributed by atoms with Crippen LogP contribution < -0.4 is 0 Å². The zero-order valence-corrected chi connectivity index (χ0v) is 21.3. The number of aryl methyl sites for hydroxylation is 3. The van der Waals surface area contributed by atoms with E-state index < -0.39 is 0 Å². The van der Waals surface area contributed by atoms with E-state index in [0.29, 0.717) is 18.4 Å². The number of rotatable bonds is 5. The Morgan fingerprint density at radius 1 is 1.24 bits per heavy atom. The summed E-state index contributed by atoms with van der Waals surface area (Å²) in [6.07, 6.45) is 4.36. The van der Waals surface area contributed by atoms with Crippen molar-refractivity contribution < 1.29 is 4.79 Å². The average Bonchev–Trinajstić information content (AvgIpc) is 3.40. The van der Waals surface area contributed by atoms with Gasteiger partial charge in [-0.2, -0.15) is 5.10 Å². The van der Waals surface area contributed by atoms with E-state index in [9.17, 15) is 4.79 Å². The molecule has 1 fully saturated rings. The van der Waals surface area contributed by atoms with Crippen molar-refractivity contribution in [1.82, 2.24) is 24.5 Å². The quantitative estimate of drug-likeness (QED) is 0.409. The van der Waals surface area contributed by atoms with Crippen LogP contribution in [0, 0.1) is 20.8 Å². The number of fused-ring (bicyclic) bond motifs is 2. The molecule has 1 saturated heterocycles. The van der Waals surface area contributed by atoms with Crippen molar-refractivity contribution in [3.05, 3.63) is 39.7 Å². The van der Waals surface area contributed by atoms with E-state index in [4.69, 9.17) is 0 Å². The van der Waals surface area contributed by atoms with Crippen LogP contribution in [0.15, 0.2) is 12.3 Å². The molecule has 1 aliphatic heterocycles. The smallest absolute Gasteiger partial charge is 0.158 e. The van der Waals surface area contributed by atoms with Gasteiger partial charge in [0.25, 0.3) is 0 Å². The second-order valence-corrected chi connectivity index (χ2v) is 11.0. The lowest BCUT2D eigenvalue weighted by atomic mass is 9.90. The summed E-state index contributed by atoms with van der Waals surface area (Å²) in [5.41, 5.74) is 7.25. The molecule has 0 spiro atoms. The average molecular weight is 464 g/mol. The second kappa shape index (κ2) is 8.37. The summed E-state index contributed by atoms with van der Waals surface area (Å²) in [7, 11) is 0. The molecule has 0 aromatic carbocycles. The first-order valence-corrected chi connectivity index (χ1v) is 12.7. The van der Waals surface area contributed by atoms with Crippen molar-refractivity contribution in [2.75, 3.05) is 19.6 Å². The Hall–Kier alpha value is -2.51. The molecular weight excluding hydrogens is 430 g/mol. The molecule has 1 aliphatic rings. The van der Waals surface area contributed by atoms with Crippen molar-refractivity contribution in [1.29, 1.82) is 0 Å². The van der Waals surface area contributed by atoms with Crippen molar-refractivity contribution in [3.8, 4) is 11.3 Å². The third kappa shape index (κ3) is 3.91. The number of ketones is 1. The zero-order valence-electron chi connectivity index (χ0n) is 20.5. The van der Waals surface area contributed by atoms with Gasteiger partial charge in [0.15, 0.2) is 5.65 Å². The number of H-pyrrole nitrogens is 1. The Morgan fingerprint density at radius 2 is 1.97 bits per heavy atom. The number of hydrogen-bond donors (Lipinski definition) is 1. The number of thiophene rings is 1. The van der Waals surface area contributed by atoms with Gasteiger partial charge in [-0.15, -0.1) is 11.3 Å². The SMILES string of the molecule is CC(=O)CN1CCC(c2sc3[nH]c(-c4cc(C)c5nc(C)nn5c4)c(C(C)C)c3c2C)CC1. The summed E-state index contributed by atoms with van der Waals surface area (Å²) in [6.45, 7) is 15.2. The van der Waals surface area contributed by atoms with Gasteiger partial charge in [-0.05, 0) is 88.2 Å². The molecule has 1 N–H and O–H groups in total. The lowest BCUT2D eigenvalue weighted by Crippen LogP contribution is -2.36. The van der Waals surface area contributed by atoms with Crippen molar-refractivity contribution >= 4 is 33.0 Å². The molecule has 0 unspecified atom stereocenters. The van der Waals surface area contributed by atoms with Crippen molar-refractivity contribution in [2.45, 2.75) is 66.2 Å². The van der Waals surface area contributed by atoms with Crippen LogP contribution in [-0.4, -0.2) is 49.9 Å². The van der Waals surface area contributed by atoms with Gasteiger partial charge in [-0.3, -0.25) is 9.69 Å². The molecule has 0 atom stereocenters. The summed E-state index contributed by atoms with van der Waals surface area (Å²) in [6, 6.07) is 2.23. The Bertz CT molecular complexity index is 1350. The van der Waals surface area contributed by atoms with Gasteiger partial charge in [-0.25, -0.2) is 9.50 Å². The van der Waals surface area contributed by atoms with Gasteiger partial charge in [-0.1, -0.05) is 13.8 Å². The minimum atomic E-state index is 0.262.